The molecular formula is C11H23NO2S. The molecule has 1 atom stereocenters. The van der Waals surface area contributed by atoms with Crippen molar-refractivity contribution in [1.82, 2.24) is 5.32 Å². The fraction of sp³-hybridized carbons (Fsp3) is 0.818. The molecule has 90 valence electrons. The third-order valence-electron chi connectivity index (χ3n) is 2.90. The highest BCUT2D eigenvalue weighted by atomic mass is 32.2. The van der Waals surface area contributed by atoms with Crippen LogP contribution in [0.3, 0.4) is 0 Å². The lowest BCUT2D eigenvalue weighted by Crippen LogP contribution is -2.51. The first-order valence-corrected chi connectivity index (χ1v) is 7.20. The Balaban J connectivity index is 4.80. The van der Waals surface area contributed by atoms with Gasteiger partial charge < -0.3 is 5.32 Å². The Morgan fingerprint density at radius 3 is 2.33 bits per heavy atom. The lowest BCUT2D eigenvalue weighted by molar-refractivity contribution is 0.397. The highest BCUT2D eigenvalue weighted by Crippen LogP contribution is 2.23. The lowest BCUT2D eigenvalue weighted by Gasteiger charge is -2.33. The monoisotopic (exact) mass is 233 g/mol. The van der Waals surface area contributed by atoms with E-state index >= 15 is 0 Å². The van der Waals surface area contributed by atoms with Crippen molar-refractivity contribution < 1.29 is 8.42 Å². The zero-order valence-corrected chi connectivity index (χ0v) is 11.0. The van der Waals surface area contributed by atoms with Crippen LogP contribution in [0.2, 0.25) is 0 Å². The summed E-state index contributed by atoms with van der Waals surface area (Å²) < 4.78 is 22.6. The molecular weight excluding hydrogens is 210 g/mol. The average Bonchev–Trinajstić information content (AvgIpc) is 2.10. The molecule has 15 heavy (non-hydrogen) atoms. The molecule has 0 aliphatic heterocycles. The van der Waals surface area contributed by atoms with Gasteiger partial charge >= 0.3 is 0 Å². The minimum Gasteiger partial charge on any atom is -0.313 e. The van der Waals surface area contributed by atoms with E-state index < -0.39 is 14.6 Å². The molecule has 0 aromatic heterocycles. The summed E-state index contributed by atoms with van der Waals surface area (Å²) in [6, 6.07) is -0.0181. The highest BCUT2D eigenvalue weighted by molar-refractivity contribution is 7.92. The number of nitrogens with one attached hydrogen (secondary N) is 1. The molecule has 0 spiro atoms. The summed E-state index contributed by atoms with van der Waals surface area (Å²) in [5.74, 6) is 0. The topological polar surface area (TPSA) is 46.2 Å². The van der Waals surface area contributed by atoms with Crippen molar-refractivity contribution in [2.24, 2.45) is 0 Å². The molecule has 1 N–H and O–H groups in total. The van der Waals surface area contributed by atoms with E-state index in [1.807, 2.05) is 13.0 Å². The maximum Gasteiger partial charge on any atom is 0.154 e. The standard InChI is InChI=1S/C11H23NO2S/c1-6-8-9-10(12-7-2)11(3,4)15(5,13)14/h6,10,12H,1,7-9H2,2-5H3. The van der Waals surface area contributed by atoms with Crippen LogP contribution in [0.4, 0.5) is 0 Å². The molecule has 0 aromatic rings. The summed E-state index contributed by atoms with van der Waals surface area (Å²) in [6.45, 7) is 9.98. The predicted molar refractivity (Wildman–Crippen MR) is 65.8 cm³/mol. The van der Waals surface area contributed by atoms with Gasteiger partial charge in [0.25, 0.3) is 0 Å². The van der Waals surface area contributed by atoms with Crippen LogP contribution < -0.4 is 5.32 Å². The summed E-state index contributed by atoms with van der Waals surface area (Å²) >= 11 is 0. The van der Waals surface area contributed by atoms with Crippen molar-refractivity contribution in [3.05, 3.63) is 12.7 Å². The van der Waals surface area contributed by atoms with Gasteiger partial charge in [0.15, 0.2) is 9.84 Å². The normalized spacial score (nSPS) is 14.9. The van der Waals surface area contributed by atoms with Crippen LogP contribution in [0.1, 0.15) is 33.6 Å². The van der Waals surface area contributed by atoms with Crippen LogP contribution in [-0.2, 0) is 9.84 Å². The Morgan fingerprint density at radius 2 is 2.00 bits per heavy atom. The second-order valence-corrected chi connectivity index (χ2v) is 6.95. The summed E-state index contributed by atoms with van der Waals surface area (Å²) in [7, 11) is -3.05. The van der Waals surface area contributed by atoms with Crippen molar-refractivity contribution in [2.45, 2.75) is 44.4 Å². The Hall–Kier alpha value is -0.350. The molecule has 4 heteroatoms. The Labute approximate surface area is 93.9 Å². The number of rotatable bonds is 7. The molecule has 0 bridgehead atoms. The molecule has 0 saturated carbocycles. The second kappa shape index (κ2) is 5.66. The van der Waals surface area contributed by atoms with Crippen molar-refractivity contribution in [2.75, 3.05) is 12.8 Å². The first-order valence-electron chi connectivity index (χ1n) is 5.31. The molecule has 0 aliphatic rings. The van der Waals surface area contributed by atoms with Crippen molar-refractivity contribution in [3.63, 3.8) is 0 Å². The summed E-state index contributed by atoms with van der Waals surface area (Å²) in [6.07, 6.45) is 4.75. The summed E-state index contributed by atoms with van der Waals surface area (Å²) in [5, 5.41) is 3.24. The molecule has 3 nitrogen and oxygen atoms in total. The molecule has 0 aromatic carbocycles. The third-order valence-corrected chi connectivity index (χ3v) is 5.10. The number of allylic oxidation sites excluding steroid dienone is 1. The van der Waals surface area contributed by atoms with E-state index in [0.717, 1.165) is 19.4 Å². The Morgan fingerprint density at radius 1 is 1.47 bits per heavy atom. The van der Waals surface area contributed by atoms with E-state index in [9.17, 15) is 8.42 Å². The van der Waals surface area contributed by atoms with Crippen molar-refractivity contribution in [3.8, 4) is 0 Å². The minimum atomic E-state index is -3.05. The first kappa shape index (κ1) is 14.6. The van der Waals surface area contributed by atoms with E-state index in [1.165, 1.54) is 6.26 Å². The van der Waals surface area contributed by atoms with E-state index in [0.29, 0.717) is 0 Å². The largest absolute Gasteiger partial charge is 0.313 e. The van der Waals surface area contributed by atoms with Gasteiger partial charge in [0, 0.05) is 12.3 Å². The van der Waals surface area contributed by atoms with Crippen LogP contribution in [-0.4, -0.2) is 32.0 Å². The van der Waals surface area contributed by atoms with Crippen molar-refractivity contribution >= 4 is 9.84 Å². The number of hydrogen-bond donors (Lipinski definition) is 1. The molecule has 0 amide bonds. The third kappa shape index (κ3) is 3.95. The second-order valence-electron chi connectivity index (χ2n) is 4.35. The smallest absolute Gasteiger partial charge is 0.154 e. The van der Waals surface area contributed by atoms with E-state index in [4.69, 9.17) is 0 Å². The fourth-order valence-electron chi connectivity index (χ4n) is 1.48. The quantitative estimate of drug-likeness (QED) is 0.682. The summed E-state index contributed by atoms with van der Waals surface area (Å²) in [4.78, 5) is 0. The maximum atomic E-state index is 11.7. The van der Waals surface area contributed by atoms with Gasteiger partial charge in [-0.1, -0.05) is 13.0 Å². The van der Waals surface area contributed by atoms with Gasteiger partial charge in [0.1, 0.15) is 0 Å². The van der Waals surface area contributed by atoms with Gasteiger partial charge in [-0.05, 0) is 33.2 Å². The van der Waals surface area contributed by atoms with Gasteiger partial charge in [-0.3, -0.25) is 0 Å². The van der Waals surface area contributed by atoms with Crippen LogP contribution in [0, 0.1) is 0 Å². The highest BCUT2D eigenvalue weighted by Gasteiger charge is 2.37. The van der Waals surface area contributed by atoms with Gasteiger partial charge in [0.2, 0.25) is 0 Å². The Bertz CT molecular complexity index is 294. The molecule has 0 aliphatic carbocycles. The maximum absolute atomic E-state index is 11.7. The lowest BCUT2D eigenvalue weighted by atomic mass is 9.98. The Kier molecular flexibility index (Phi) is 5.53. The van der Waals surface area contributed by atoms with E-state index in [-0.39, 0.29) is 6.04 Å². The van der Waals surface area contributed by atoms with Crippen LogP contribution in [0.5, 0.6) is 0 Å². The molecule has 0 rings (SSSR count). The summed E-state index contributed by atoms with van der Waals surface area (Å²) in [5.41, 5.74) is 0. The molecule has 0 fully saturated rings. The van der Waals surface area contributed by atoms with E-state index in [2.05, 4.69) is 11.9 Å². The average molecular weight is 233 g/mol. The van der Waals surface area contributed by atoms with Crippen LogP contribution in [0.15, 0.2) is 12.7 Å². The predicted octanol–water partition coefficient (Wildman–Crippen LogP) is 1.75. The van der Waals surface area contributed by atoms with Crippen LogP contribution >= 0.6 is 0 Å². The zero-order valence-electron chi connectivity index (χ0n) is 10.2. The van der Waals surface area contributed by atoms with Gasteiger partial charge in [0.05, 0.1) is 4.75 Å². The minimum absolute atomic E-state index is 0.0181. The SMILES string of the molecule is C=CCCC(NCC)C(C)(C)S(C)(=O)=O. The van der Waals surface area contributed by atoms with Gasteiger partial charge in [-0.2, -0.15) is 0 Å². The number of hydrogen-bond acceptors (Lipinski definition) is 3. The molecule has 0 heterocycles. The van der Waals surface area contributed by atoms with E-state index in [1.54, 1.807) is 13.8 Å². The fourth-order valence-corrected chi connectivity index (χ4v) is 2.20. The van der Waals surface area contributed by atoms with Crippen LogP contribution in [0.25, 0.3) is 0 Å². The number of sulfone groups is 1. The zero-order chi connectivity index (χ0) is 12.1. The van der Waals surface area contributed by atoms with Gasteiger partial charge in [-0.25, -0.2) is 8.42 Å². The first-order chi connectivity index (χ1) is 6.77. The molecule has 0 saturated heterocycles. The molecule has 1 unspecified atom stereocenters. The van der Waals surface area contributed by atoms with Crippen molar-refractivity contribution in [1.29, 1.82) is 0 Å². The van der Waals surface area contributed by atoms with Gasteiger partial charge in [-0.15, -0.1) is 6.58 Å². The molecule has 0 radical (unpaired) electrons.